The lowest BCUT2D eigenvalue weighted by molar-refractivity contribution is 0.0827. The van der Waals surface area contributed by atoms with E-state index in [1.165, 1.54) is 6.42 Å². The van der Waals surface area contributed by atoms with Gasteiger partial charge in [-0.15, -0.1) is 0 Å². The van der Waals surface area contributed by atoms with Gasteiger partial charge in [-0.25, -0.2) is 4.98 Å². The molecule has 2 aliphatic rings. The highest BCUT2D eigenvalue weighted by molar-refractivity contribution is 6.02. The molecule has 7 nitrogen and oxygen atoms in total. The molecule has 0 bridgehead atoms. The number of aliphatic hydroxyl groups is 1. The van der Waals surface area contributed by atoms with E-state index >= 15 is 0 Å². The topological polar surface area (TPSA) is 104 Å². The SMILES string of the molecule is CC(N)NC(=O)c1cc2ccccc2nc1N1CCC(NC2CCCCC2O)CC1. The summed E-state index contributed by atoms with van der Waals surface area (Å²) in [6.07, 6.45) is 5.54. The Morgan fingerprint density at radius 1 is 1.20 bits per heavy atom. The summed E-state index contributed by atoms with van der Waals surface area (Å²) in [6.45, 7) is 3.40. The molecule has 5 N–H and O–H groups in total. The molecule has 162 valence electrons. The fourth-order valence-corrected chi connectivity index (χ4v) is 4.66. The molecular weight excluding hydrogens is 378 g/mol. The molecule has 1 aromatic carbocycles. The van der Waals surface area contributed by atoms with E-state index in [9.17, 15) is 9.90 Å². The number of benzene rings is 1. The average Bonchev–Trinajstić information content (AvgIpc) is 2.74. The van der Waals surface area contributed by atoms with Crippen LogP contribution in [0, 0.1) is 0 Å². The predicted octanol–water partition coefficient (Wildman–Crippen LogP) is 2.13. The van der Waals surface area contributed by atoms with Crippen molar-refractivity contribution in [3.05, 3.63) is 35.9 Å². The third-order valence-corrected chi connectivity index (χ3v) is 6.28. The number of pyridine rings is 1. The van der Waals surface area contributed by atoms with Gasteiger partial charge in [0, 0.05) is 30.6 Å². The van der Waals surface area contributed by atoms with Crippen LogP contribution < -0.4 is 21.3 Å². The Balaban J connectivity index is 1.50. The van der Waals surface area contributed by atoms with Gasteiger partial charge in [0.2, 0.25) is 0 Å². The summed E-state index contributed by atoms with van der Waals surface area (Å²) in [7, 11) is 0. The Hall–Kier alpha value is -2.22. The normalized spacial score (nSPS) is 24.0. The first-order chi connectivity index (χ1) is 14.5. The molecule has 2 heterocycles. The highest BCUT2D eigenvalue weighted by atomic mass is 16.3. The maximum absolute atomic E-state index is 12.8. The number of amides is 1. The largest absolute Gasteiger partial charge is 0.392 e. The maximum atomic E-state index is 12.8. The van der Waals surface area contributed by atoms with Gasteiger partial charge in [0.1, 0.15) is 5.82 Å². The zero-order valence-electron chi connectivity index (χ0n) is 17.7. The van der Waals surface area contributed by atoms with Gasteiger partial charge in [-0.05, 0) is 44.7 Å². The van der Waals surface area contributed by atoms with Gasteiger partial charge >= 0.3 is 0 Å². The number of nitrogens with zero attached hydrogens (tertiary/aromatic N) is 2. The van der Waals surface area contributed by atoms with Crippen molar-refractivity contribution in [3.63, 3.8) is 0 Å². The lowest BCUT2D eigenvalue weighted by Gasteiger charge is -2.38. The van der Waals surface area contributed by atoms with Gasteiger partial charge in [-0.3, -0.25) is 4.79 Å². The number of aromatic nitrogens is 1. The van der Waals surface area contributed by atoms with Crippen LogP contribution in [0.3, 0.4) is 0 Å². The molecule has 4 rings (SSSR count). The third kappa shape index (κ3) is 4.74. The fraction of sp³-hybridized carbons (Fsp3) is 0.565. The molecule has 1 saturated heterocycles. The van der Waals surface area contributed by atoms with Crippen molar-refractivity contribution in [2.75, 3.05) is 18.0 Å². The Labute approximate surface area is 178 Å². The quantitative estimate of drug-likeness (QED) is 0.562. The smallest absolute Gasteiger partial charge is 0.256 e. The van der Waals surface area contributed by atoms with Gasteiger partial charge in [0.05, 0.1) is 23.3 Å². The van der Waals surface area contributed by atoms with Crippen LogP contribution >= 0.6 is 0 Å². The van der Waals surface area contributed by atoms with Crippen LogP contribution in [0.25, 0.3) is 10.9 Å². The highest BCUT2D eigenvalue weighted by Crippen LogP contribution is 2.27. The van der Waals surface area contributed by atoms with E-state index in [1.54, 1.807) is 6.92 Å². The van der Waals surface area contributed by atoms with E-state index in [4.69, 9.17) is 10.7 Å². The second-order valence-electron chi connectivity index (χ2n) is 8.70. The van der Waals surface area contributed by atoms with Gasteiger partial charge in [-0.2, -0.15) is 0 Å². The van der Waals surface area contributed by atoms with Crippen LogP contribution in [0.1, 0.15) is 55.8 Å². The van der Waals surface area contributed by atoms with Crippen molar-refractivity contribution in [1.29, 1.82) is 0 Å². The average molecular weight is 412 g/mol. The lowest BCUT2D eigenvalue weighted by atomic mass is 9.91. The van der Waals surface area contributed by atoms with Crippen LogP contribution in [0.2, 0.25) is 0 Å². The van der Waals surface area contributed by atoms with Gasteiger partial charge in [-0.1, -0.05) is 31.0 Å². The summed E-state index contributed by atoms with van der Waals surface area (Å²) >= 11 is 0. The molecule has 0 spiro atoms. The van der Waals surface area contributed by atoms with Crippen molar-refractivity contribution in [2.24, 2.45) is 5.73 Å². The second kappa shape index (κ2) is 9.29. The molecule has 7 heteroatoms. The molecule has 2 fully saturated rings. The van der Waals surface area contributed by atoms with E-state index in [0.29, 0.717) is 11.6 Å². The first-order valence-electron chi connectivity index (χ1n) is 11.2. The molecule has 30 heavy (non-hydrogen) atoms. The zero-order valence-corrected chi connectivity index (χ0v) is 17.7. The Morgan fingerprint density at radius 2 is 1.93 bits per heavy atom. The molecule has 2 aromatic rings. The molecule has 1 saturated carbocycles. The van der Waals surface area contributed by atoms with Crippen LogP contribution in [0.4, 0.5) is 5.82 Å². The summed E-state index contributed by atoms with van der Waals surface area (Å²) in [5, 5.41) is 17.7. The number of nitrogens with two attached hydrogens (primary N) is 1. The van der Waals surface area contributed by atoms with Crippen LogP contribution in [-0.2, 0) is 0 Å². The van der Waals surface area contributed by atoms with E-state index < -0.39 is 6.17 Å². The highest BCUT2D eigenvalue weighted by Gasteiger charge is 2.29. The zero-order chi connectivity index (χ0) is 21.1. The standard InChI is InChI=1S/C23H33N5O2/c1-15(24)25-23(30)18-14-16-6-2-3-7-19(16)27-22(18)28-12-10-17(11-13-28)26-20-8-4-5-9-21(20)29/h2-3,6-7,14-15,17,20-21,26,29H,4-5,8-13,24H2,1H3,(H,25,30). The minimum atomic E-state index is -0.423. The monoisotopic (exact) mass is 411 g/mol. The Bertz CT molecular complexity index is 879. The predicted molar refractivity (Wildman–Crippen MR) is 119 cm³/mol. The van der Waals surface area contributed by atoms with Crippen molar-refractivity contribution in [2.45, 2.75) is 69.8 Å². The minimum Gasteiger partial charge on any atom is -0.392 e. The summed E-state index contributed by atoms with van der Waals surface area (Å²) in [4.78, 5) is 19.9. The Morgan fingerprint density at radius 3 is 2.67 bits per heavy atom. The van der Waals surface area contributed by atoms with Crippen LogP contribution in [0.15, 0.2) is 30.3 Å². The van der Waals surface area contributed by atoms with E-state index in [0.717, 1.165) is 61.9 Å². The number of hydrogen-bond donors (Lipinski definition) is 4. The first kappa shape index (κ1) is 21.0. The van der Waals surface area contributed by atoms with Crippen LogP contribution in [0.5, 0.6) is 0 Å². The van der Waals surface area contributed by atoms with Gasteiger partial charge in [0.15, 0.2) is 0 Å². The van der Waals surface area contributed by atoms with Crippen molar-refractivity contribution in [1.82, 2.24) is 15.6 Å². The molecule has 1 amide bonds. The number of para-hydroxylation sites is 1. The summed E-state index contributed by atoms with van der Waals surface area (Å²) in [5.41, 5.74) is 7.25. The Kier molecular flexibility index (Phi) is 6.51. The maximum Gasteiger partial charge on any atom is 0.256 e. The number of anilines is 1. The molecule has 3 unspecified atom stereocenters. The number of carbonyl (C=O) groups is 1. The summed E-state index contributed by atoms with van der Waals surface area (Å²) in [5.74, 6) is 0.534. The number of carbonyl (C=O) groups excluding carboxylic acids is 1. The van der Waals surface area contributed by atoms with E-state index in [-0.39, 0.29) is 18.1 Å². The van der Waals surface area contributed by atoms with Gasteiger partial charge < -0.3 is 26.4 Å². The number of fused-ring (bicyclic) bond motifs is 1. The lowest BCUT2D eigenvalue weighted by Crippen LogP contribution is -2.51. The van der Waals surface area contributed by atoms with Gasteiger partial charge in [0.25, 0.3) is 5.91 Å². The fourth-order valence-electron chi connectivity index (χ4n) is 4.66. The van der Waals surface area contributed by atoms with E-state index in [1.807, 2.05) is 30.3 Å². The molecule has 1 aliphatic carbocycles. The van der Waals surface area contributed by atoms with Crippen molar-refractivity contribution in [3.8, 4) is 0 Å². The number of hydrogen-bond acceptors (Lipinski definition) is 6. The molecular formula is C23H33N5O2. The third-order valence-electron chi connectivity index (χ3n) is 6.28. The first-order valence-corrected chi connectivity index (χ1v) is 11.2. The number of piperidine rings is 1. The van der Waals surface area contributed by atoms with Crippen LogP contribution in [-0.4, -0.2) is 53.4 Å². The molecule has 1 aliphatic heterocycles. The minimum absolute atomic E-state index is 0.191. The summed E-state index contributed by atoms with van der Waals surface area (Å²) in [6, 6.07) is 10.4. The van der Waals surface area contributed by atoms with Crippen molar-refractivity contribution >= 4 is 22.6 Å². The van der Waals surface area contributed by atoms with Crippen molar-refractivity contribution < 1.29 is 9.90 Å². The second-order valence-corrected chi connectivity index (χ2v) is 8.70. The van der Waals surface area contributed by atoms with E-state index in [2.05, 4.69) is 15.5 Å². The number of nitrogens with one attached hydrogen (secondary N) is 2. The molecule has 3 atom stereocenters. The molecule has 1 aromatic heterocycles. The number of rotatable bonds is 5. The summed E-state index contributed by atoms with van der Waals surface area (Å²) < 4.78 is 0. The number of aliphatic hydroxyl groups excluding tert-OH is 1. The molecule has 0 radical (unpaired) electrons.